The first-order valence-electron chi connectivity index (χ1n) is 8.24. The summed E-state index contributed by atoms with van der Waals surface area (Å²) in [7, 11) is 0. The minimum Gasteiger partial charge on any atom is -0.353 e. The predicted octanol–water partition coefficient (Wildman–Crippen LogP) is 1.77. The molecule has 3 rings (SSSR count). The number of rotatable bonds is 4. The third-order valence-electron chi connectivity index (χ3n) is 4.19. The van der Waals surface area contributed by atoms with Crippen LogP contribution in [0.15, 0.2) is 18.5 Å². The molecule has 1 aliphatic heterocycles. The summed E-state index contributed by atoms with van der Waals surface area (Å²) in [5.74, 6) is 1.95. The number of hydrogen-bond donors (Lipinski definition) is 0. The van der Waals surface area contributed by atoms with Gasteiger partial charge in [0, 0.05) is 51.5 Å². The second-order valence-electron chi connectivity index (χ2n) is 6.00. The van der Waals surface area contributed by atoms with Gasteiger partial charge in [0.2, 0.25) is 0 Å². The summed E-state index contributed by atoms with van der Waals surface area (Å²) in [4.78, 5) is 22.7. The lowest BCUT2D eigenvalue weighted by Gasteiger charge is -2.35. The number of anilines is 1. The molecule has 0 aromatic carbocycles. The van der Waals surface area contributed by atoms with Crippen molar-refractivity contribution in [2.24, 2.45) is 0 Å². The Hall–Kier alpha value is -2.08. The van der Waals surface area contributed by atoms with E-state index in [2.05, 4.69) is 36.7 Å². The van der Waals surface area contributed by atoms with Crippen LogP contribution in [0.2, 0.25) is 0 Å². The molecule has 0 amide bonds. The molecule has 2 aromatic rings. The van der Waals surface area contributed by atoms with Crippen LogP contribution in [0.4, 0.5) is 5.82 Å². The largest absolute Gasteiger partial charge is 0.353 e. The van der Waals surface area contributed by atoms with Gasteiger partial charge < -0.3 is 4.90 Å². The van der Waals surface area contributed by atoms with Gasteiger partial charge in [0.1, 0.15) is 11.6 Å². The number of aryl methyl sites for hydroxylation is 3. The second kappa shape index (κ2) is 7.00. The van der Waals surface area contributed by atoms with Crippen molar-refractivity contribution in [2.75, 3.05) is 31.1 Å². The standard InChI is InChI=1S/C17H24N6/c1-4-16-18-6-5-15(21-16)12-22-7-9-23(10-8-22)17-14(3)19-11-13(2)20-17/h5-6,11H,4,7-10,12H2,1-3H3. The zero-order valence-electron chi connectivity index (χ0n) is 14.2. The van der Waals surface area contributed by atoms with E-state index < -0.39 is 0 Å². The van der Waals surface area contributed by atoms with Crippen molar-refractivity contribution < 1.29 is 0 Å². The Morgan fingerprint density at radius 1 is 1.04 bits per heavy atom. The maximum atomic E-state index is 4.65. The molecule has 2 aromatic heterocycles. The van der Waals surface area contributed by atoms with E-state index in [9.17, 15) is 0 Å². The summed E-state index contributed by atoms with van der Waals surface area (Å²) in [6, 6.07) is 2.02. The van der Waals surface area contributed by atoms with Crippen LogP contribution in [0, 0.1) is 13.8 Å². The highest BCUT2D eigenvalue weighted by Gasteiger charge is 2.20. The molecule has 6 heteroatoms. The lowest BCUT2D eigenvalue weighted by molar-refractivity contribution is 0.246. The van der Waals surface area contributed by atoms with Crippen LogP contribution in [0.1, 0.15) is 29.8 Å². The van der Waals surface area contributed by atoms with Gasteiger partial charge in [-0.2, -0.15) is 0 Å². The lowest BCUT2D eigenvalue weighted by atomic mass is 10.2. The Balaban J connectivity index is 1.61. The molecule has 0 saturated carbocycles. The van der Waals surface area contributed by atoms with Crippen LogP contribution < -0.4 is 4.90 Å². The molecule has 1 aliphatic rings. The topological polar surface area (TPSA) is 58.0 Å². The van der Waals surface area contributed by atoms with E-state index in [0.29, 0.717) is 0 Å². The van der Waals surface area contributed by atoms with E-state index >= 15 is 0 Å². The van der Waals surface area contributed by atoms with Crippen LogP contribution in [0.25, 0.3) is 0 Å². The molecule has 23 heavy (non-hydrogen) atoms. The van der Waals surface area contributed by atoms with E-state index in [4.69, 9.17) is 0 Å². The molecule has 6 nitrogen and oxygen atoms in total. The monoisotopic (exact) mass is 312 g/mol. The summed E-state index contributed by atoms with van der Waals surface area (Å²) >= 11 is 0. The Kier molecular flexibility index (Phi) is 4.81. The smallest absolute Gasteiger partial charge is 0.150 e. The molecule has 1 saturated heterocycles. The molecule has 122 valence electrons. The Morgan fingerprint density at radius 3 is 2.57 bits per heavy atom. The molecule has 0 spiro atoms. The van der Waals surface area contributed by atoms with Crippen molar-refractivity contribution in [1.29, 1.82) is 0 Å². The van der Waals surface area contributed by atoms with Gasteiger partial charge in [0.05, 0.1) is 17.1 Å². The molecular weight excluding hydrogens is 288 g/mol. The molecule has 0 N–H and O–H groups in total. The van der Waals surface area contributed by atoms with Crippen LogP contribution in [-0.4, -0.2) is 51.0 Å². The van der Waals surface area contributed by atoms with Gasteiger partial charge >= 0.3 is 0 Å². The summed E-state index contributed by atoms with van der Waals surface area (Å²) in [6.07, 6.45) is 4.57. The zero-order chi connectivity index (χ0) is 16.2. The fraction of sp³-hybridized carbons (Fsp3) is 0.529. The normalized spacial score (nSPS) is 15.9. The van der Waals surface area contributed by atoms with Crippen LogP contribution in [0.5, 0.6) is 0 Å². The Morgan fingerprint density at radius 2 is 1.83 bits per heavy atom. The highest BCUT2D eigenvalue weighted by molar-refractivity contribution is 5.43. The first-order chi connectivity index (χ1) is 11.2. The minimum absolute atomic E-state index is 0.882. The van der Waals surface area contributed by atoms with Crippen molar-refractivity contribution in [2.45, 2.75) is 33.7 Å². The van der Waals surface area contributed by atoms with E-state index in [1.807, 2.05) is 32.3 Å². The number of piperazine rings is 1. The second-order valence-corrected chi connectivity index (χ2v) is 6.00. The van der Waals surface area contributed by atoms with Crippen LogP contribution in [0.3, 0.4) is 0 Å². The average molecular weight is 312 g/mol. The lowest BCUT2D eigenvalue weighted by Crippen LogP contribution is -2.46. The van der Waals surface area contributed by atoms with Gasteiger partial charge in [0.15, 0.2) is 0 Å². The van der Waals surface area contributed by atoms with Crippen LogP contribution in [-0.2, 0) is 13.0 Å². The molecule has 0 unspecified atom stereocenters. The molecule has 0 bridgehead atoms. The first-order valence-corrected chi connectivity index (χ1v) is 8.24. The summed E-state index contributed by atoms with van der Waals surface area (Å²) in [5.41, 5.74) is 3.09. The zero-order valence-corrected chi connectivity index (χ0v) is 14.2. The average Bonchev–Trinajstić information content (AvgIpc) is 2.58. The van der Waals surface area contributed by atoms with Gasteiger partial charge in [-0.3, -0.25) is 9.88 Å². The van der Waals surface area contributed by atoms with Crippen LogP contribution >= 0.6 is 0 Å². The quantitative estimate of drug-likeness (QED) is 0.857. The van der Waals surface area contributed by atoms with E-state index in [1.54, 1.807) is 0 Å². The van der Waals surface area contributed by atoms with Crippen molar-refractivity contribution in [3.05, 3.63) is 41.4 Å². The molecular formula is C17H24N6. The molecule has 0 atom stereocenters. The molecule has 1 fully saturated rings. The molecule has 0 radical (unpaired) electrons. The van der Waals surface area contributed by atoms with Gasteiger partial charge in [-0.15, -0.1) is 0 Å². The van der Waals surface area contributed by atoms with Crippen molar-refractivity contribution >= 4 is 5.82 Å². The fourth-order valence-electron chi connectivity index (χ4n) is 2.87. The predicted molar refractivity (Wildman–Crippen MR) is 90.4 cm³/mol. The maximum Gasteiger partial charge on any atom is 0.150 e. The SMILES string of the molecule is CCc1nccc(CN2CCN(c3nc(C)cnc3C)CC2)n1. The van der Waals surface area contributed by atoms with Gasteiger partial charge in [-0.1, -0.05) is 6.92 Å². The molecule has 0 aliphatic carbocycles. The van der Waals surface area contributed by atoms with Gasteiger partial charge in [-0.05, 0) is 19.9 Å². The van der Waals surface area contributed by atoms with E-state index in [-0.39, 0.29) is 0 Å². The Labute approximate surface area is 137 Å². The third kappa shape index (κ3) is 3.82. The van der Waals surface area contributed by atoms with Crippen molar-refractivity contribution in [3.63, 3.8) is 0 Å². The van der Waals surface area contributed by atoms with E-state index in [1.165, 1.54) is 0 Å². The number of hydrogen-bond acceptors (Lipinski definition) is 6. The van der Waals surface area contributed by atoms with E-state index in [0.717, 1.165) is 67.9 Å². The number of nitrogens with zero attached hydrogens (tertiary/aromatic N) is 6. The maximum absolute atomic E-state index is 4.65. The summed E-state index contributed by atoms with van der Waals surface area (Å²) in [5, 5.41) is 0. The summed E-state index contributed by atoms with van der Waals surface area (Å²) < 4.78 is 0. The van der Waals surface area contributed by atoms with Crippen molar-refractivity contribution in [3.8, 4) is 0 Å². The highest BCUT2D eigenvalue weighted by atomic mass is 15.3. The fourth-order valence-corrected chi connectivity index (χ4v) is 2.87. The third-order valence-corrected chi connectivity index (χ3v) is 4.19. The van der Waals surface area contributed by atoms with Gasteiger partial charge in [-0.25, -0.2) is 15.0 Å². The first kappa shape index (κ1) is 15.8. The highest BCUT2D eigenvalue weighted by Crippen LogP contribution is 2.18. The summed E-state index contributed by atoms with van der Waals surface area (Å²) in [6.45, 7) is 11.0. The number of aromatic nitrogens is 4. The van der Waals surface area contributed by atoms with Crippen molar-refractivity contribution in [1.82, 2.24) is 24.8 Å². The Bertz CT molecular complexity index is 664. The minimum atomic E-state index is 0.882. The van der Waals surface area contributed by atoms with Gasteiger partial charge in [0.25, 0.3) is 0 Å². The molecule has 3 heterocycles.